The summed E-state index contributed by atoms with van der Waals surface area (Å²) >= 11 is 0. The molecule has 25 heavy (non-hydrogen) atoms. The number of hydrogen-bond donors (Lipinski definition) is 2. The van der Waals surface area contributed by atoms with E-state index < -0.39 is 0 Å². The molecule has 0 aliphatic carbocycles. The highest BCUT2D eigenvalue weighted by Gasteiger charge is 2.19. The van der Waals surface area contributed by atoms with Crippen molar-refractivity contribution >= 4 is 11.6 Å². The SMILES string of the molecule is NCc1ccc(NC(=O)CN2CCN(Cc3ccccc3)CC2)cc1. The maximum atomic E-state index is 12.2. The van der Waals surface area contributed by atoms with Gasteiger partial charge >= 0.3 is 0 Å². The summed E-state index contributed by atoms with van der Waals surface area (Å²) in [6.07, 6.45) is 0. The maximum Gasteiger partial charge on any atom is 0.238 e. The van der Waals surface area contributed by atoms with Crippen molar-refractivity contribution in [1.29, 1.82) is 0 Å². The Hall–Kier alpha value is -2.21. The van der Waals surface area contributed by atoms with Gasteiger partial charge in [-0.3, -0.25) is 14.6 Å². The van der Waals surface area contributed by atoms with Crippen molar-refractivity contribution in [3.8, 4) is 0 Å². The molecule has 1 amide bonds. The van der Waals surface area contributed by atoms with E-state index in [-0.39, 0.29) is 5.91 Å². The number of nitrogens with zero attached hydrogens (tertiary/aromatic N) is 2. The molecule has 0 saturated carbocycles. The number of anilines is 1. The highest BCUT2D eigenvalue weighted by Crippen LogP contribution is 2.11. The summed E-state index contributed by atoms with van der Waals surface area (Å²) in [5.41, 5.74) is 8.82. The largest absolute Gasteiger partial charge is 0.326 e. The number of amides is 1. The van der Waals surface area contributed by atoms with Crippen molar-refractivity contribution in [3.05, 3.63) is 65.7 Å². The fourth-order valence-electron chi connectivity index (χ4n) is 3.07. The van der Waals surface area contributed by atoms with Gasteiger partial charge in [0.05, 0.1) is 6.54 Å². The molecule has 0 radical (unpaired) electrons. The van der Waals surface area contributed by atoms with Crippen LogP contribution in [0.25, 0.3) is 0 Å². The molecule has 1 aliphatic heterocycles. The first-order chi connectivity index (χ1) is 12.2. The first kappa shape index (κ1) is 17.6. The number of hydrogen-bond acceptors (Lipinski definition) is 4. The molecule has 0 spiro atoms. The van der Waals surface area contributed by atoms with Crippen molar-refractivity contribution in [3.63, 3.8) is 0 Å². The van der Waals surface area contributed by atoms with Gasteiger partial charge in [-0.15, -0.1) is 0 Å². The zero-order valence-corrected chi connectivity index (χ0v) is 14.5. The zero-order chi connectivity index (χ0) is 17.5. The van der Waals surface area contributed by atoms with Crippen LogP contribution in [0.3, 0.4) is 0 Å². The van der Waals surface area contributed by atoms with Gasteiger partial charge in [0.25, 0.3) is 0 Å². The van der Waals surface area contributed by atoms with E-state index in [0.717, 1.165) is 44.0 Å². The highest BCUT2D eigenvalue weighted by molar-refractivity contribution is 5.92. The van der Waals surface area contributed by atoms with Gasteiger partial charge in [-0.25, -0.2) is 0 Å². The van der Waals surface area contributed by atoms with E-state index in [1.54, 1.807) is 0 Å². The second kappa shape index (κ2) is 8.76. The van der Waals surface area contributed by atoms with E-state index in [2.05, 4.69) is 39.4 Å². The minimum atomic E-state index is 0.0389. The number of piperazine rings is 1. The third kappa shape index (κ3) is 5.39. The van der Waals surface area contributed by atoms with E-state index in [1.807, 2.05) is 30.3 Å². The van der Waals surface area contributed by atoms with Crippen LogP contribution in [-0.4, -0.2) is 48.4 Å². The Morgan fingerprint density at radius 3 is 2.16 bits per heavy atom. The van der Waals surface area contributed by atoms with Crippen LogP contribution in [-0.2, 0) is 17.9 Å². The fourth-order valence-corrected chi connectivity index (χ4v) is 3.07. The van der Waals surface area contributed by atoms with Gasteiger partial charge in [-0.1, -0.05) is 42.5 Å². The number of nitrogens with one attached hydrogen (secondary N) is 1. The van der Waals surface area contributed by atoms with Crippen molar-refractivity contribution in [1.82, 2.24) is 9.80 Å². The standard InChI is InChI=1S/C20H26N4O/c21-14-17-6-8-19(9-7-17)22-20(25)16-24-12-10-23(11-13-24)15-18-4-2-1-3-5-18/h1-9H,10-16,21H2,(H,22,25). The number of rotatable bonds is 6. The summed E-state index contributed by atoms with van der Waals surface area (Å²) in [4.78, 5) is 16.9. The maximum absolute atomic E-state index is 12.2. The number of benzene rings is 2. The Balaban J connectivity index is 1.41. The van der Waals surface area contributed by atoms with Crippen molar-refractivity contribution < 1.29 is 4.79 Å². The summed E-state index contributed by atoms with van der Waals surface area (Å²) < 4.78 is 0. The molecule has 132 valence electrons. The summed E-state index contributed by atoms with van der Waals surface area (Å²) in [6.45, 7) is 5.77. The summed E-state index contributed by atoms with van der Waals surface area (Å²) in [6, 6.07) is 18.2. The highest BCUT2D eigenvalue weighted by atomic mass is 16.2. The number of carbonyl (C=O) groups excluding carboxylic acids is 1. The van der Waals surface area contributed by atoms with Crippen LogP contribution in [0, 0.1) is 0 Å². The van der Waals surface area contributed by atoms with Crippen molar-refractivity contribution in [2.75, 3.05) is 38.0 Å². The van der Waals surface area contributed by atoms with Crippen LogP contribution in [0.5, 0.6) is 0 Å². The van der Waals surface area contributed by atoms with Gasteiger partial charge < -0.3 is 11.1 Å². The topological polar surface area (TPSA) is 61.6 Å². The molecule has 1 fully saturated rings. The van der Waals surface area contributed by atoms with Crippen LogP contribution in [0.2, 0.25) is 0 Å². The van der Waals surface area contributed by atoms with Crippen LogP contribution in [0.1, 0.15) is 11.1 Å². The zero-order valence-electron chi connectivity index (χ0n) is 14.5. The van der Waals surface area contributed by atoms with Crippen molar-refractivity contribution in [2.24, 2.45) is 5.73 Å². The molecule has 0 bridgehead atoms. The van der Waals surface area contributed by atoms with Crippen LogP contribution >= 0.6 is 0 Å². The normalized spacial score (nSPS) is 15.9. The van der Waals surface area contributed by atoms with Crippen molar-refractivity contribution in [2.45, 2.75) is 13.1 Å². The Kier molecular flexibility index (Phi) is 6.17. The third-order valence-electron chi connectivity index (χ3n) is 4.55. The van der Waals surface area contributed by atoms with Crippen LogP contribution < -0.4 is 11.1 Å². The molecule has 0 unspecified atom stereocenters. The van der Waals surface area contributed by atoms with E-state index in [1.165, 1.54) is 5.56 Å². The fraction of sp³-hybridized carbons (Fsp3) is 0.350. The quantitative estimate of drug-likeness (QED) is 0.844. The number of carbonyl (C=O) groups is 1. The molecule has 1 saturated heterocycles. The molecule has 2 aromatic carbocycles. The molecule has 0 atom stereocenters. The van der Waals surface area contributed by atoms with Gasteiger partial charge in [-0.05, 0) is 23.3 Å². The van der Waals surface area contributed by atoms with Gasteiger partial charge in [0.15, 0.2) is 0 Å². The monoisotopic (exact) mass is 338 g/mol. The minimum absolute atomic E-state index is 0.0389. The van der Waals surface area contributed by atoms with Gasteiger partial charge in [0, 0.05) is 45.0 Å². The lowest BCUT2D eigenvalue weighted by Gasteiger charge is -2.34. The van der Waals surface area contributed by atoms with Crippen LogP contribution in [0.4, 0.5) is 5.69 Å². The summed E-state index contributed by atoms with van der Waals surface area (Å²) in [5.74, 6) is 0.0389. The predicted octanol–water partition coefficient (Wildman–Crippen LogP) is 1.90. The second-order valence-electron chi connectivity index (χ2n) is 6.49. The Labute approximate surface area is 149 Å². The van der Waals surface area contributed by atoms with E-state index in [4.69, 9.17) is 5.73 Å². The second-order valence-corrected chi connectivity index (χ2v) is 6.49. The average Bonchev–Trinajstić information content (AvgIpc) is 2.65. The molecular weight excluding hydrogens is 312 g/mol. The van der Waals surface area contributed by atoms with E-state index in [9.17, 15) is 4.79 Å². The smallest absolute Gasteiger partial charge is 0.238 e. The average molecular weight is 338 g/mol. The molecular formula is C20H26N4O. The summed E-state index contributed by atoms with van der Waals surface area (Å²) in [5, 5.41) is 2.96. The molecule has 3 N–H and O–H groups in total. The molecule has 5 nitrogen and oxygen atoms in total. The molecule has 3 rings (SSSR count). The lowest BCUT2D eigenvalue weighted by Crippen LogP contribution is -2.48. The Morgan fingerprint density at radius 2 is 1.52 bits per heavy atom. The Bertz CT molecular complexity index is 664. The van der Waals surface area contributed by atoms with Gasteiger partial charge in [-0.2, -0.15) is 0 Å². The van der Waals surface area contributed by atoms with Gasteiger partial charge in [0.1, 0.15) is 0 Å². The minimum Gasteiger partial charge on any atom is -0.326 e. The first-order valence-electron chi connectivity index (χ1n) is 8.80. The first-order valence-corrected chi connectivity index (χ1v) is 8.80. The van der Waals surface area contributed by atoms with Crippen LogP contribution in [0.15, 0.2) is 54.6 Å². The molecule has 1 heterocycles. The third-order valence-corrected chi connectivity index (χ3v) is 4.55. The predicted molar refractivity (Wildman–Crippen MR) is 101 cm³/mol. The molecule has 2 aromatic rings. The molecule has 1 aliphatic rings. The lowest BCUT2D eigenvalue weighted by atomic mass is 10.2. The number of nitrogens with two attached hydrogens (primary N) is 1. The summed E-state index contributed by atoms with van der Waals surface area (Å²) in [7, 11) is 0. The molecule has 0 aromatic heterocycles. The van der Waals surface area contributed by atoms with E-state index in [0.29, 0.717) is 13.1 Å². The lowest BCUT2D eigenvalue weighted by molar-refractivity contribution is -0.117. The van der Waals surface area contributed by atoms with E-state index >= 15 is 0 Å². The Morgan fingerprint density at radius 1 is 0.880 bits per heavy atom. The van der Waals surface area contributed by atoms with Gasteiger partial charge in [0.2, 0.25) is 5.91 Å². The molecule has 5 heteroatoms.